The van der Waals surface area contributed by atoms with Crippen LogP contribution in [-0.2, 0) is 13.0 Å². The van der Waals surface area contributed by atoms with E-state index in [1.807, 2.05) is 30.5 Å². The lowest BCUT2D eigenvalue weighted by atomic mass is 10.1. The van der Waals surface area contributed by atoms with Crippen molar-refractivity contribution in [1.82, 2.24) is 15.2 Å². The minimum absolute atomic E-state index is 0.0950. The maximum atomic E-state index is 12.3. The van der Waals surface area contributed by atoms with E-state index in [-0.39, 0.29) is 5.56 Å². The predicted molar refractivity (Wildman–Crippen MR) is 102 cm³/mol. The quantitative estimate of drug-likeness (QED) is 0.514. The SMILES string of the molecule is CCc1cc(NCc2cc3cc(Cl)ccc3[nH]c2=O)cc2c[nH]nc12. The van der Waals surface area contributed by atoms with Crippen LogP contribution >= 0.6 is 11.6 Å². The van der Waals surface area contributed by atoms with Crippen molar-refractivity contribution in [2.75, 3.05) is 5.32 Å². The monoisotopic (exact) mass is 352 g/mol. The van der Waals surface area contributed by atoms with Crippen LogP contribution in [0.3, 0.4) is 0 Å². The van der Waals surface area contributed by atoms with Gasteiger partial charge < -0.3 is 10.3 Å². The molecular weight excluding hydrogens is 336 g/mol. The molecule has 2 aromatic heterocycles. The number of anilines is 1. The van der Waals surface area contributed by atoms with Crippen molar-refractivity contribution in [3.05, 3.63) is 69.1 Å². The Morgan fingerprint density at radius 2 is 2.00 bits per heavy atom. The van der Waals surface area contributed by atoms with Crippen LogP contribution in [0.4, 0.5) is 5.69 Å². The van der Waals surface area contributed by atoms with Gasteiger partial charge in [-0.3, -0.25) is 9.89 Å². The average molecular weight is 353 g/mol. The number of aromatic amines is 2. The average Bonchev–Trinajstić information content (AvgIpc) is 3.08. The van der Waals surface area contributed by atoms with E-state index >= 15 is 0 Å². The number of hydrogen-bond donors (Lipinski definition) is 3. The van der Waals surface area contributed by atoms with Gasteiger partial charge in [0, 0.05) is 45.3 Å². The number of H-pyrrole nitrogens is 2. The molecule has 0 aliphatic carbocycles. The number of nitrogens with one attached hydrogen (secondary N) is 3. The first kappa shape index (κ1) is 15.7. The van der Waals surface area contributed by atoms with Crippen molar-refractivity contribution in [2.45, 2.75) is 19.9 Å². The van der Waals surface area contributed by atoms with Crippen molar-refractivity contribution >= 4 is 39.1 Å². The first-order valence-corrected chi connectivity index (χ1v) is 8.53. The van der Waals surface area contributed by atoms with E-state index in [4.69, 9.17) is 11.6 Å². The summed E-state index contributed by atoms with van der Waals surface area (Å²) in [5, 5.41) is 13.2. The number of fused-ring (bicyclic) bond motifs is 2. The summed E-state index contributed by atoms with van der Waals surface area (Å²) >= 11 is 6.05. The normalized spacial score (nSPS) is 11.3. The number of benzene rings is 2. The fraction of sp³-hybridized carbons (Fsp3) is 0.158. The van der Waals surface area contributed by atoms with Crippen LogP contribution in [0.5, 0.6) is 0 Å². The smallest absolute Gasteiger partial charge is 0.253 e. The molecule has 126 valence electrons. The van der Waals surface area contributed by atoms with Crippen LogP contribution in [-0.4, -0.2) is 15.2 Å². The molecular formula is C19H17ClN4O. The fourth-order valence-electron chi connectivity index (χ4n) is 3.05. The van der Waals surface area contributed by atoms with Crippen LogP contribution in [0.2, 0.25) is 5.02 Å². The lowest BCUT2D eigenvalue weighted by molar-refractivity contribution is 1.08. The largest absolute Gasteiger partial charge is 0.381 e. The number of nitrogens with zero attached hydrogens (tertiary/aromatic N) is 1. The van der Waals surface area contributed by atoms with Gasteiger partial charge in [0.2, 0.25) is 0 Å². The highest BCUT2D eigenvalue weighted by molar-refractivity contribution is 6.31. The number of pyridine rings is 1. The Morgan fingerprint density at radius 1 is 1.12 bits per heavy atom. The fourth-order valence-corrected chi connectivity index (χ4v) is 3.24. The van der Waals surface area contributed by atoms with Crippen LogP contribution in [0.25, 0.3) is 21.8 Å². The lowest BCUT2D eigenvalue weighted by Gasteiger charge is -2.09. The van der Waals surface area contributed by atoms with Gasteiger partial charge in [0.15, 0.2) is 0 Å². The zero-order valence-corrected chi connectivity index (χ0v) is 14.4. The Labute approximate surface area is 149 Å². The second-order valence-electron chi connectivity index (χ2n) is 6.02. The van der Waals surface area contributed by atoms with E-state index in [0.29, 0.717) is 17.1 Å². The molecule has 2 aromatic carbocycles. The number of aryl methyl sites for hydroxylation is 1. The van der Waals surface area contributed by atoms with Crippen molar-refractivity contribution < 1.29 is 0 Å². The van der Waals surface area contributed by atoms with Crippen molar-refractivity contribution in [1.29, 1.82) is 0 Å². The summed E-state index contributed by atoms with van der Waals surface area (Å²) in [5.41, 5.74) is 4.48. The number of aromatic nitrogens is 3. The van der Waals surface area contributed by atoms with E-state index in [9.17, 15) is 4.79 Å². The Balaban J connectivity index is 1.66. The molecule has 6 heteroatoms. The third-order valence-electron chi connectivity index (χ3n) is 4.36. The molecule has 3 N–H and O–H groups in total. The third kappa shape index (κ3) is 2.98. The van der Waals surface area contributed by atoms with Crippen molar-refractivity contribution in [3.8, 4) is 0 Å². The van der Waals surface area contributed by atoms with Gasteiger partial charge in [-0.05, 0) is 48.4 Å². The van der Waals surface area contributed by atoms with Gasteiger partial charge in [-0.2, -0.15) is 5.10 Å². The van der Waals surface area contributed by atoms with Gasteiger partial charge in [0.25, 0.3) is 5.56 Å². The molecule has 4 aromatic rings. The molecule has 0 unspecified atom stereocenters. The highest BCUT2D eigenvalue weighted by atomic mass is 35.5. The van der Waals surface area contributed by atoms with E-state index < -0.39 is 0 Å². The van der Waals surface area contributed by atoms with Gasteiger partial charge in [-0.1, -0.05) is 18.5 Å². The van der Waals surface area contributed by atoms with E-state index in [1.165, 1.54) is 5.56 Å². The standard InChI is InChI=1S/C19H17ClN4O/c1-2-11-7-16(8-13-10-22-24-18(11)13)21-9-14-5-12-6-15(20)3-4-17(12)23-19(14)25/h3-8,10,21H,2,9H2,1H3,(H,22,24)(H,23,25). The summed E-state index contributed by atoms with van der Waals surface area (Å²) in [7, 11) is 0. The maximum Gasteiger partial charge on any atom is 0.253 e. The highest BCUT2D eigenvalue weighted by Crippen LogP contribution is 2.23. The van der Waals surface area contributed by atoms with Gasteiger partial charge in [0.1, 0.15) is 0 Å². The molecule has 0 saturated heterocycles. The Morgan fingerprint density at radius 3 is 2.84 bits per heavy atom. The first-order chi connectivity index (χ1) is 12.1. The second kappa shape index (κ2) is 6.26. The molecule has 25 heavy (non-hydrogen) atoms. The number of rotatable bonds is 4. The highest BCUT2D eigenvalue weighted by Gasteiger charge is 2.07. The first-order valence-electron chi connectivity index (χ1n) is 8.16. The summed E-state index contributed by atoms with van der Waals surface area (Å²) < 4.78 is 0. The molecule has 0 aliphatic rings. The van der Waals surface area contributed by atoms with Crippen LogP contribution < -0.4 is 10.9 Å². The molecule has 0 bridgehead atoms. The Bertz CT molecular complexity index is 1130. The molecule has 0 saturated carbocycles. The molecule has 0 radical (unpaired) electrons. The topological polar surface area (TPSA) is 73.6 Å². The molecule has 0 spiro atoms. The molecule has 0 fully saturated rings. The summed E-state index contributed by atoms with van der Waals surface area (Å²) in [4.78, 5) is 15.2. The van der Waals surface area contributed by atoms with Gasteiger partial charge >= 0.3 is 0 Å². The van der Waals surface area contributed by atoms with Crippen LogP contribution in [0, 0.1) is 0 Å². The van der Waals surface area contributed by atoms with Crippen LogP contribution in [0.15, 0.2) is 47.4 Å². The molecule has 4 rings (SSSR count). The molecule has 5 nitrogen and oxygen atoms in total. The zero-order valence-electron chi connectivity index (χ0n) is 13.7. The number of hydrogen-bond acceptors (Lipinski definition) is 3. The molecule has 0 atom stereocenters. The van der Waals surface area contributed by atoms with Gasteiger partial charge in [-0.25, -0.2) is 0 Å². The van der Waals surface area contributed by atoms with Crippen LogP contribution in [0.1, 0.15) is 18.1 Å². The van der Waals surface area contributed by atoms with E-state index in [1.54, 1.807) is 6.07 Å². The summed E-state index contributed by atoms with van der Waals surface area (Å²) in [6, 6.07) is 11.4. The third-order valence-corrected chi connectivity index (χ3v) is 4.60. The molecule has 0 amide bonds. The Kier molecular flexibility index (Phi) is 3.93. The van der Waals surface area contributed by atoms with E-state index in [0.717, 1.165) is 33.9 Å². The van der Waals surface area contributed by atoms with Crippen molar-refractivity contribution in [2.24, 2.45) is 0 Å². The Hall–Kier alpha value is -2.79. The van der Waals surface area contributed by atoms with Gasteiger partial charge in [-0.15, -0.1) is 0 Å². The zero-order chi connectivity index (χ0) is 17.4. The minimum Gasteiger partial charge on any atom is -0.381 e. The maximum absolute atomic E-state index is 12.3. The molecule has 0 aliphatic heterocycles. The molecule has 2 heterocycles. The van der Waals surface area contributed by atoms with Gasteiger partial charge in [0.05, 0.1) is 5.52 Å². The lowest BCUT2D eigenvalue weighted by Crippen LogP contribution is -2.15. The van der Waals surface area contributed by atoms with E-state index in [2.05, 4.69) is 33.5 Å². The summed E-state index contributed by atoms with van der Waals surface area (Å²) in [5.74, 6) is 0. The number of halogens is 1. The second-order valence-corrected chi connectivity index (χ2v) is 6.46. The summed E-state index contributed by atoms with van der Waals surface area (Å²) in [6.45, 7) is 2.54. The predicted octanol–water partition coefficient (Wildman–Crippen LogP) is 4.23. The minimum atomic E-state index is -0.0950. The van der Waals surface area contributed by atoms with Crippen molar-refractivity contribution in [3.63, 3.8) is 0 Å². The summed E-state index contributed by atoms with van der Waals surface area (Å²) in [6.07, 6.45) is 2.77.